The van der Waals surface area contributed by atoms with Gasteiger partial charge in [-0.1, -0.05) is 27.7 Å². The van der Waals surface area contributed by atoms with E-state index in [2.05, 4.69) is 20.6 Å². The zero-order valence-electron chi connectivity index (χ0n) is 29.2. The van der Waals surface area contributed by atoms with E-state index in [0.29, 0.717) is 43.1 Å². The van der Waals surface area contributed by atoms with E-state index in [4.69, 9.17) is 9.40 Å². The second kappa shape index (κ2) is 14.6. The van der Waals surface area contributed by atoms with Crippen molar-refractivity contribution in [2.75, 3.05) is 20.1 Å². The van der Waals surface area contributed by atoms with E-state index in [-0.39, 0.29) is 47.0 Å². The molecule has 0 unspecified atom stereocenters. The first kappa shape index (κ1) is 35.6. The average Bonchev–Trinajstić information content (AvgIpc) is 3.92. The number of nitrogens with one attached hydrogen (secondary N) is 2. The summed E-state index contributed by atoms with van der Waals surface area (Å²) in [7, 11) is 1.64. The topological polar surface area (TPSA) is 171 Å². The molecule has 2 N–H and O–H groups in total. The zero-order chi connectivity index (χ0) is 35.9. The quantitative estimate of drug-likeness (QED) is 0.405. The van der Waals surface area contributed by atoms with Crippen LogP contribution in [0.1, 0.15) is 110 Å². The number of amides is 5. The van der Waals surface area contributed by atoms with Gasteiger partial charge in [-0.25, -0.2) is 15.0 Å². The Morgan fingerprint density at radius 1 is 0.820 bits per heavy atom. The van der Waals surface area contributed by atoms with Gasteiger partial charge >= 0.3 is 0 Å². The SMILES string of the molecule is CC(C)C[C@H]1C(=O)N2CCC[C@H]2c2nc(cs2)-c2nc(co2)C(=O)N2CCC[C@H]2C(=O)N[C@@H](C(C)C)C(=O)N[C@@H](C)c2nc(cs2)C(=O)N1C. The fourth-order valence-electron chi connectivity index (χ4n) is 6.86. The number of carbonyl (C=O) groups excluding carboxylic acids is 5. The van der Waals surface area contributed by atoms with Gasteiger partial charge in [-0.15, -0.1) is 22.7 Å². The molecule has 3 aliphatic rings. The van der Waals surface area contributed by atoms with Crippen LogP contribution in [0.15, 0.2) is 21.4 Å². The number of hydrogen-bond acceptors (Lipinski definition) is 11. The maximum atomic E-state index is 14.3. The third-order valence-corrected chi connectivity index (χ3v) is 11.6. The van der Waals surface area contributed by atoms with Crippen molar-refractivity contribution in [2.24, 2.45) is 11.8 Å². The summed E-state index contributed by atoms with van der Waals surface area (Å²) in [6.45, 7) is 10.4. The number of carbonyl (C=O) groups is 5. The fraction of sp³-hybridized carbons (Fsp3) is 0.588. The Hall–Kier alpha value is -4.18. The minimum atomic E-state index is -0.880. The monoisotopic (exact) mass is 724 g/mol. The predicted octanol–water partition coefficient (Wildman–Crippen LogP) is 4.04. The Morgan fingerprint density at radius 3 is 2.20 bits per heavy atom. The van der Waals surface area contributed by atoms with Gasteiger partial charge in [-0.2, -0.15) is 0 Å². The fourth-order valence-corrected chi connectivity index (χ4v) is 8.60. The minimum absolute atomic E-state index is 0.0559. The Morgan fingerprint density at radius 2 is 1.48 bits per heavy atom. The highest BCUT2D eigenvalue weighted by Crippen LogP contribution is 2.37. The molecule has 2 fully saturated rings. The first-order valence-corrected chi connectivity index (χ1v) is 19.0. The third kappa shape index (κ3) is 7.04. The third-order valence-electron chi connectivity index (χ3n) is 9.59. The van der Waals surface area contributed by atoms with Crippen molar-refractivity contribution >= 4 is 52.2 Å². The summed E-state index contributed by atoms with van der Waals surface area (Å²) in [6.07, 6.45) is 4.31. The van der Waals surface area contributed by atoms with Crippen LogP contribution >= 0.6 is 22.7 Å². The van der Waals surface area contributed by atoms with Crippen LogP contribution in [0.2, 0.25) is 0 Å². The first-order valence-electron chi connectivity index (χ1n) is 17.2. The molecule has 50 heavy (non-hydrogen) atoms. The smallest absolute Gasteiger partial charge is 0.276 e. The number of oxazole rings is 1. The number of nitrogens with zero attached hydrogens (tertiary/aromatic N) is 6. The molecule has 6 rings (SSSR count). The van der Waals surface area contributed by atoms with E-state index >= 15 is 0 Å². The van der Waals surface area contributed by atoms with Crippen molar-refractivity contribution in [3.8, 4) is 11.6 Å². The summed E-state index contributed by atoms with van der Waals surface area (Å²) in [5.74, 6) is -1.76. The molecule has 14 nitrogen and oxygen atoms in total. The van der Waals surface area contributed by atoms with E-state index < -0.39 is 41.9 Å². The van der Waals surface area contributed by atoms with E-state index in [9.17, 15) is 24.0 Å². The van der Waals surface area contributed by atoms with Crippen LogP contribution in [-0.4, -0.2) is 97.5 Å². The minimum Gasteiger partial charge on any atom is -0.442 e. The lowest BCUT2D eigenvalue weighted by molar-refractivity contribution is -0.137. The maximum Gasteiger partial charge on any atom is 0.276 e. The summed E-state index contributed by atoms with van der Waals surface area (Å²) >= 11 is 2.63. The Bertz CT molecular complexity index is 1770. The summed E-state index contributed by atoms with van der Waals surface area (Å²) in [5, 5.41) is 10.5. The van der Waals surface area contributed by atoms with Crippen LogP contribution in [-0.2, 0) is 14.4 Å². The lowest BCUT2D eigenvalue weighted by atomic mass is 10.0. The molecule has 0 saturated carbocycles. The van der Waals surface area contributed by atoms with E-state index in [0.717, 1.165) is 17.8 Å². The van der Waals surface area contributed by atoms with Gasteiger partial charge in [-0.3, -0.25) is 24.0 Å². The molecule has 268 valence electrons. The Kier molecular flexibility index (Phi) is 10.4. The molecular formula is C34H44N8O6S2. The molecule has 5 atom stereocenters. The Labute approximate surface area is 299 Å². The number of likely N-dealkylation sites (N-methyl/N-ethyl adjacent to an activating group) is 1. The number of aromatic nitrogens is 3. The molecule has 3 aromatic heterocycles. The number of thiazole rings is 2. The Balaban J connectivity index is 1.36. The van der Waals surface area contributed by atoms with Gasteiger partial charge in [0.05, 0.1) is 12.1 Å². The number of fused-ring (bicyclic) bond motifs is 10. The second-order valence-electron chi connectivity index (χ2n) is 14.0. The van der Waals surface area contributed by atoms with E-state index in [1.165, 1.54) is 38.7 Å². The average molecular weight is 725 g/mol. The van der Waals surface area contributed by atoms with Crippen molar-refractivity contribution < 1.29 is 28.4 Å². The second-order valence-corrected chi connectivity index (χ2v) is 15.8. The lowest BCUT2D eigenvalue weighted by Gasteiger charge is -2.33. The van der Waals surface area contributed by atoms with E-state index in [1.54, 1.807) is 24.7 Å². The summed E-state index contributed by atoms with van der Waals surface area (Å²) in [6, 6.07) is -3.22. The summed E-state index contributed by atoms with van der Waals surface area (Å²) in [4.78, 5) is 87.5. The van der Waals surface area contributed by atoms with Gasteiger partial charge in [0.25, 0.3) is 11.8 Å². The van der Waals surface area contributed by atoms with Crippen LogP contribution in [0.5, 0.6) is 0 Å². The van der Waals surface area contributed by atoms with Crippen molar-refractivity contribution in [3.05, 3.63) is 38.4 Å². The summed E-state index contributed by atoms with van der Waals surface area (Å²) < 4.78 is 5.71. The molecular weight excluding hydrogens is 681 g/mol. The molecule has 6 bridgehead atoms. The molecule has 0 spiro atoms. The molecule has 3 aromatic rings. The maximum absolute atomic E-state index is 14.3. The van der Waals surface area contributed by atoms with Crippen molar-refractivity contribution in [3.63, 3.8) is 0 Å². The van der Waals surface area contributed by atoms with Crippen LogP contribution in [0.3, 0.4) is 0 Å². The van der Waals surface area contributed by atoms with Crippen LogP contribution in [0.25, 0.3) is 11.6 Å². The largest absolute Gasteiger partial charge is 0.442 e. The van der Waals surface area contributed by atoms with Crippen LogP contribution < -0.4 is 10.6 Å². The van der Waals surface area contributed by atoms with Crippen molar-refractivity contribution in [1.82, 2.24) is 40.3 Å². The highest BCUT2D eigenvalue weighted by molar-refractivity contribution is 7.10. The van der Waals surface area contributed by atoms with Crippen LogP contribution in [0.4, 0.5) is 0 Å². The standard InChI is InChI=1S/C34H44N8O6S2/c1-17(2)13-25-34(47)42-12-8-10-24(42)31-37-21(15-50-31)29-36-20(14-48-29)33(46)41-11-7-9-23(41)27(43)39-26(18(3)4)28(44)35-19(5)30-38-22(16-49-30)32(45)40(25)6/h14-19,23-26H,7-13H2,1-6H3,(H,35,44)(H,39,43)/t19-,23-,24-,25-,26-/m0/s1. The van der Waals surface area contributed by atoms with Crippen LogP contribution in [0, 0.1) is 11.8 Å². The molecule has 6 heterocycles. The van der Waals surface area contributed by atoms with E-state index in [1.807, 2.05) is 32.6 Å². The van der Waals surface area contributed by atoms with Gasteiger partial charge in [0, 0.05) is 30.9 Å². The molecule has 2 saturated heterocycles. The molecule has 0 radical (unpaired) electrons. The molecule has 0 aliphatic carbocycles. The molecule has 5 amide bonds. The zero-order valence-corrected chi connectivity index (χ0v) is 30.8. The predicted molar refractivity (Wildman–Crippen MR) is 186 cm³/mol. The summed E-state index contributed by atoms with van der Waals surface area (Å²) in [5.41, 5.74) is 0.691. The lowest BCUT2D eigenvalue weighted by Crippen LogP contribution is -2.55. The molecule has 0 aromatic carbocycles. The number of hydrogen-bond donors (Lipinski definition) is 2. The van der Waals surface area contributed by atoms with Gasteiger partial charge < -0.3 is 29.8 Å². The van der Waals surface area contributed by atoms with Gasteiger partial charge in [0.15, 0.2) is 5.69 Å². The van der Waals surface area contributed by atoms with Crippen molar-refractivity contribution in [1.29, 1.82) is 0 Å². The van der Waals surface area contributed by atoms with Gasteiger partial charge in [0.2, 0.25) is 23.6 Å². The van der Waals surface area contributed by atoms with Gasteiger partial charge in [0.1, 0.15) is 45.8 Å². The van der Waals surface area contributed by atoms with Gasteiger partial charge in [-0.05, 0) is 50.9 Å². The normalized spacial score (nSPS) is 25.6. The highest BCUT2D eigenvalue weighted by atomic mass is 32.1. The number of rotatable bonds is 3. The van der Waals surface area contributed by atoms with Crippen molar-refractivity contribution in [2.45, 2.75) is 96.9 Å². The molecule has 3 aliphatic heterocycles. The first-order chi connectivity index (χ1) is 23.8. The molecule has 16 heteroatoms. The highest BCUT2D eigenvalue weighted by Gasteiger charge is 2.41.